The molecule has 1 saturated heterocycles. The van der Waals surface area contributed by atoms with Gasteiger partial charge < -0.3 is 14.4 Å². The zero-order chi connectivity index (χ0) is 20.8. The highest BCUT2D eigenvalue weighted by molar-refractivity contribution is 5.76. The van der Waals surface area contributed by atoms with Crippen LogP contribution in [0.5, 0.6) is 11.5 Å². The molecular weight excluding hydrogens is 380 g/mol. The summed E-state index contributed by atoms with van der Waals surface area (Å²) in [5.74, 6) is 3.01. The maximum atomic E-state index is 12.6. The number of fused-ring (bicyclic) bond motifs is 1. The van der Waals surface area contributed by atoms with Gasteiger partial charge in [0, 0.05) is 31.6 Å². The van der Waals surface area contributed by atoms with E-state index < -0.39 is 0 Å². The quantitative estimate of drug-likeness (QED) is 0.532. The van der Waals surface area contributed by atoms with Gasteiger partial charge in [0.15, 0.2) is 17.1 Å². The highest BCUT2D eigenvalue weighted by Crippen LogP contribution is 2.28. The van der Waals surface area contributed by atoms with Crippen molar-refractivity contribution >= 4 is 11.6 Å². The summed E-state index contributed by atoms with van der Waals surface area (Å²) in [5.41, 5.74) is 0.872. The van der Waals surface area contributed by atoms with Gasteiger partial charge >= 0.3 is 0 Å². The fourth-order valence-electron chi connectivity index (χ4n) is 3.93. The minimum absolute atomic E-state index is 0.196. The van der Waals surface area contributed by atoms with Crippen LogP contribution in [0.4, 0.5) is 0 Å². The number of piperidine rings is 1. The smallest absolute Gasteiger partial charge is 0.222 e. The number of pyridine rings is 1. The Labute approximate surface area is 176 Å². The van der Waals surface area contributed by atoms with Crippen LogP contribution < -0.4 is 9.47 Å². The molecule has 7 heteroatoms. The molecule has 0 aliphatic carbocycles. The second kappa shape index (κ2) is 9.61. The van der Waals surface area contributed by atoms with E-state index in [4.69, 9.17) is 9.47 Å². The third-order valence-corrected chi connectivity index (χ3v) is 5.49. The van der Waals surface area contributed by atoms with Crippen molar-refractivity contribution in [2.75, 3.05) is 26.3 Å². The van der Waals surface area contributed by atoms with Crippen LogP contribution in [0.2, 0.25) is 0 Å². The van der Waals surface area contributed by atoms with Gasteiger partial charge in [-0.2, -0.15) is 0 Å². The molecule has 2 aromatic heterocycles. The fraction of sp³-hybridized carbons (Fsp3) is 0.435. The van der Waals surface area contributed by atoms with Gasteiger partial charge in [-0.1, -0.05) is 18.2 Å². The largest absolute Gasteiger partial charge is 0.490 e. The number of ether oxygens (including phenoxy) is 2. The minimum Gasteiger partial charge on any atom is -0.490 e. The molecule has 1 aliphatic heterocycles. The molecular formula is C23H28N4O3. The molecule has 1 aromatic carbocycles. The molecule has 7 nitrogen and oxygen atoms in total. The van der Waals surface area contributed by atoms with E-state index in [0.717, 1.165) is 48.9 Å². The number of hydrogen-bond acceptors (Lipinski definition) is 5. The Kier molecular flexibility index (Phi) is 6.47. The zero-order valence-electron chi connectivity index (χ0n) is 17.4. The Hall–Kier alpha value is -3.09. The van der Waals surface area contributed by atoms with Gasteiger partial charge in [0.25, 0.3) is 0 Å². The number of benzene rings is 1. The van der Waals surface area contributed by atoms with E-state index in [2.05, 4.69) is 14.6 Å². The number of carbonyl (C=O) groups is 1. The Morgan fingerprint density at radius 3 is 2.53 bits per heavy atom. The first-order valence-electron chi connectivity index (χ1n) is 10.7. The first-order valence-corrected chi connectivity index (χ1v) is 10.7. The summed E-state index contributed by atoms with van der Waals surface area (Å²) in [5, 5.41) is 8.63. The summed E-state index contributed by atoms with van der Waals surface area (Å²) in [6, 6.07) is 13.6. The van der Waals surface area contributed by atoms with Crippen LogP contribution in [0.1, 0.15) is 44.3 Å². The number of hydrogen-bond donors (Lipinski definition) is 0. The molecule has 0 radical (unpaired) electrons. The van der Waals surface area contributed by atoms with E-state index in [0.29, 0.717) is 32.0 Å². The lowest BCUT2D eigenvalue weighted by atomic mass is 9.95. The van der Waals surface area contributed by atoms with Crippen molar-refractivity contribution in [3.05, 3.63) is 54.5 Å². The molecule has 3 aromatic rings. The van der Waals surface area contributed by atoms with Crippen molar-refractivity contribution < 1.29 is 14.3 Å². The number of likely N-dealkylation sites (tertiary alicyclic amines) is 1. The van der Waals surface area contributed by atoms with E-state index in [1.54, 1.807) is 0 Å². The van der Waals surface area contributed by atoms with Crippen LogP contribution in [-0.2, 0) is 4.79 Å². The molecule has 1 aliphatic rings. The monoisotopic (exact) mass is 408 g/mol. The number of rotatable bonds is 8. The molecule has 0 saturated carbocycles. The number of carbonyl (C=O) groups excluding carboxylic acids is 1. The molecule has 1 fully saturated rings. The molecule has 30 heavy (non-hydrogen) atoms. The minimum atomic E-state index is 0.196. The van der Waals surface area contributed by atoms with Crippen LogP contribution in [0.25, 0.3) is 5.65 Å². The third-order valence-electron chi connectivity index (χ3n) is 5.49. The predicted molar refractivity (Wildman–Crippen MR) is 114 cm³/mol. The number of nitrogens with zero attached hydrogens (tertiary/aromatic N) is 4. The summed E-state index contributed by atoms with van der Waals surface area (Å²) in [6.07, 6.45) is 5.02. The number of amides is 1. The zero-order valence-corrected chi connectivity index (χ0v) is 17.4. The SMILES string of the molecule is CCOc1ccccc1OCCCC(=O)N1CCC(c2nnc3ccccn23)CC1. The van der Waals surface area contributed by atoms with Gasteiger partial charge in [-0.05, 0) is 50.5 Å². The van der Waals surface area contributed by atoms with Gasteiger partial charge in [0.1, 0.15) is 5.82 Å². The molecule has 158 valence electrons. The standard InChI is InChI=1S/C23H28N4O3/c1-2-29-19-8-3-4-9-20(19)30-17-7-11-22(28)26-15-12-18(13-16-26)23-25-24-21-10-5-6-14-27(21)23/h3-6,8-10,14,18H,2,7,11-13,15-17H2,1H3. The molecule has 0 N–H and O–H groups in total. The first kappa shape index (κ1) is 20.2. The lowest BCUT2D eigenvalue weighted by Crippen LogP contribution is -2.38. The van der Waals surface area contributed by atoms with Crippen molar-refractivity contribution in [1.29, 1.82) is 0 Å². The Morgan fingerprint density at radius 2 is 1.77 bits per heavy atom. The average Bonchev–Trinajstić information content (AvgIpc) is 3.22. The van der Waals surface area contributed by atoms with Crippen molar-refractivity contribution in [3.63, 3.8) is 0 Å². The third kappa shape index (κ3) is 4.56. The normalized spacial score (nSPS) is 14.8. The maximum Gasteiger partial charge on any atom is 0.222 e. The molecule has 1 amide bonds. The highest BCUT2D eigenvalue weighted by Gasteiger charge is 2.26. The molecule has 0 unspecified atom stereocenters. The number of aromatic nitrogens is 3. The van der Waals surface area contributed by atoms with E-state index >= 15 is 0 Å². The van der Waals surface area contributed by atoms with Crippen LogP contribution in [0.3, 0.4) is 0 Å². The molecule has 0 bridgehead atoms. The summed E-state index contributed by atoms with van der Waals surface area (Å²) < 4.78 is 13.4. The van der Waals surface area contributed by atoms with Gasteiger partial charge in [0.2, 0.25) is 5.91 Å². The molecule has 0 spiro atoms. The van der Waals surface area contributed by atoms with Crippen LogP contribution in [-0.4, -0.2) is 51.7 Å². The predicted octanol–water partition coefficient (Wildman–Crippen LogP) is 3.69. The van der Waals surface area contributed by atoms with Gasteiger partial charge in [-0.3, -0.25) is 9.20 Å². The summed E-state index contributed by atoms with van der Waals surface area (Å²) >= 11 is 0. The second-order valence-electron chi connectivity index (χ2n) is 7.47. The summed E-state index contributed by atoms with van der Waals surface area (Å²) in [6.45, 7) is 4.57. The van der Waals surface area contributed by atoms with Crippen LogP contribution in [0.15, 0.2) is 48.7 Å². The lowest BCUT2D eigenvalue weighted by Gasteiger charge is -2.31. The maximum absolute atomic E-state index is 12.6. The van der Waals surface area contributed by atoms with E-state index in [-0.39, 0.29) is 5.91 Å². The summed E-state index contributed by atoms with van der Waals surface area (Å²) in [7, 11) is 0. The van der Waals surface area contributed by atoms with Crippen LogP contribution >= 0.6 is 0 Å². The van der Waals surface area contributed by atoms with Crippen molar-refractivity contribution in [3.8, 4) is 11.5 Å². The molecule has 3 heterocycles. The summed E-state index contributed by atoms with van der Waals surface area (Å²) in [4.78, 5) is 14.6. The van der Waals surface area contributed by atoms with Gasteiger partial charge in [-0.25, -0.2) is 0 Å². The average molecular weight is 409 g/mol. The van der Waals surface area contributed by atoms with Gasteiger partial charge in [0.05, 0.1) is 13.2 Å². The van der Waals surface area contributed by atoms with Crippen molar-refractivity contribution in [2.24, 2.45) is 0 Å². The van der Waals surface area contributed by atoms with E-state index in [1.165, 1.54) is 0 Å². The van der Waals surface area contributed by atoms with E-state index in [1.807, 2.05) is 60.5 Å². The van der Waals surface area contributed by atoms with E-state index in [9.17, 15) is 4.79 Å². The second-order valence-corrected chi connectivity index (χ2v) is 7.47. The first-order chi connectivity index (χ1) is 14.8. The highest BCUT2D eigenvalue weighted by atomic mass is 16.5. The number of para-hydroxylation sites is 2. The Bertz CT molecular complexity index is 979. The van der Waals surface area contributed by atoms with Crippen LogP contribution in [0, 0.1) is 0 Å². The topological polar surface area (TPSA) is 69.0 Å². The van der Waals surface area contributed by atoms with Crippen molar-refractivity contribution in [2.45, 2.75) is 38.5 Å². The Balaban J connectivity index is 1.22. The van der Waals surface area contributed by atoms with Crippen molar-refractivity contribution in [1.82, 2.24) is 19.5 Å². The Morgan fingerprint density at radius 1 is 1.03 bits per heavy atom. The molecule has 0 atom stereocenters. The molecule has 4 rings (SSSR count). The van der Waals surface area contributed by atoms with Gasteiger partial charge in [-0.15, -0.1) is 10.2 Å². The fourth-order valence-corrected chi connectivity index (χ4v) is 3.93. The lowest BCUT2D eigenvalue weighted by molar-refractivity contribution is -0.132.